The number of rotatable bonds is 8. The molecule has 10 nitrogen and oxygen atoms in total. The van der Waals surface area contributed by atoms with Gasteiger partial charge in [-0.25, -0.2) is 28.1 Å². The van der Waals surface area contributed by atoms with Gasteiger partial charge >= 0.3 is 0 Å². The van der Waals surface area contributed by atoms with Gasteiger partial charge in [-0.3, -0.25) is 0 Å². The third kappa shape index (κ3) is 5.43. The first-order valence-corrected chi connectivity index (χ1v) is 11.2. The molecule has 0 aliphatic carbocycles. The molecule has 160 valence electrons. The zero-order chi connectivity index (χ0) is 21.0. The van der Waals surface area contributed by atoms with Gasteiger partial charge in [0, 0.05) is 51.4 Å². The minimum absolute atomic E-state index is 0.0381. The highest BCUT2D eigenvalue weighted by Gasteiger charge is 2.20. The van der Waals surface area contributed by atoms with Crippen LogP contribution >= 0.6 is 0 Å². The minimum Gasteiger partial charge on any atom is -0.378 e. The number of nitrogens with zero attached hydrogens (tertiary/aromatic N) is 5. The van der Waals surface area contributed by atoms with Gasteiger partial charge in [-0.2, -0.15) is 0 Å². The molecule has 0 aromatic carbocycles. The molecule has 2 N–H and O–H groups in total. The number of imidazole rings is 1. The van der Waals surface area contributed by atoms with Crippen LogP contribution in [-0.4, -0.2) is 67.3 Å². The van der Waals surface area contributed by atoms with Gasteiger partial charge in [0.15, 0.2) is 5.03 Å². The number of hydrogen-bond acceptors (Lipinski definition) is 8. The third-order valence-electron chi connectivity index (χ3n) is 4.56. The molecule has 1 saturated heterocycles. The number of morpholine rings is 1. The van der Waals surface area contributed by atoms with Gasteiger partial charge in [0.05, 0.1) is 13.2 Å². The van der Waals surface area contributed by atoms with E-state index >= 15 is 0 Å². The molecule has 0 spiro atoms. The Morgan fingerprint density at radius 3 is 2.55 bits per heavy atom. The van der Waals surface area contributed by atoms with Gasteiger partial charge in [-0.05, 0) is 6.92 Å². The first-order valence-electron chi connectivity index (χ1n) is 9.71. The number of sulfonamides is 1. The molecular formula is C18H29N7O3S. The molecule has 1 aliphatic heterocycles. The molecule has 0 bridgehead atoms. The summed E-state index contributed by atoms with van der Waals surface area (Å²) in [7, 11) is -1.86. The molecule has 1 aliphatic rings. The summed E-state index contributed by atoms with van der Waals surface area (Å²) in [6.07, 6.45) is 1.54. The normalized spacial score (nSPS) is 15.1. The topological polar surface area (TPSA) is 114 Å². The van der Waals surface area contributed by atoms with Crippen molar-refractivity contribution < 1.29 is 13.2 Å². The molecule has 0 saturated carbocycles. The largest absolute Gasteiger partial charge is 0.378 e. The summed E-state index contributed by atoms with van der Waals surface area (Å²) in [5, 5.41) is 3.20. The van der Waals surface area contributed by atoms with E-state index in [1.165, 1.54) is 6.20 Å². The lowest BCUT2D eigenvalue weighted by molar-refractivity contribution is 0.122. The Labute approximate surface area is 171 Å². The minimum atomic E-state index is -3.66. The third-order valence-corrected chi connectivity index (χ3v) is 5.90. The monoisotopic (exact) mass is 423 g/mol. The predicted molar refractivity (Wildman–Crippen MR) is 111 cm³/mol. The number of anilines is 2. The van der Waals surface area contributed by atoms with Crippen molar-refractivity contribution in [1.29, 1.82) is 0 Å². The molecule has 1 fully saturated rings. The van der Waals surface area contributed by atoms with E-state index in [4.69, 9.17) is 4.74 Å². The van der Waals surface area contributed by atoms with Crippen LogP contribution in [0.4, 0.5) is 11.6 Å². The highest BCUT2D eigenvalue weighted by Crippen LogP contribution is 2.17. The second kappa shape index (κ2) is 9.06. The number of hydrogen-bond donors (Lipinski definition) is 2. The second-order valence-electron chi connectivity index (χ2n) is 7.29. The Morgan fingerprint density at radius 2 is 1.90 bits per heavy atom. The van der Waals surface area contributed by atoms with Gasteiger partial charge in [-0.1, -0.05) is 13.8 Å². The standard InChI is InChI=1S/C18H29N7O3S/c1-13(2)18-23-17(12-24(18)4)29(26,27)20-6-5-19-15-11-16(22-14(3)21-15)25-7-9-28-10-8-25/h11-13,20H,5-10H2,1-4H3,(H,19,21,22). The van der Waals surface area contributed by atoms with Crippen molar-refractivity contribution in [2.24, 2.45) is 7.05 Å². The van der Waals surface area contributed by atoms with Crippen molar-refractivity contribution in [3.05, 3.63) is 23.9 Å². The van der Waals surface area contributed by atoms with Crippen molar-refractivity contribution in [2.45, 2.75) is 31.7 Å². The molecule has 3 rings (SSSR count). The van der Waals surface area contributed by atoms with Crippen LogP contribution in [0.2, 0.25) is 0 Å². The van der Waals surface area contributed by atoms with Crippen LogP contribution in [0, 0.1) is 6.92 Å². The second-order valence-corrected chi connectivity index (χ2v) is 9.00. The van der Waals surface area contributed by atoms with Gasteiger partial charge in [0.2, 0.25) is 0 Å². The number of nitrogens with one attached hydrogen (secondary N) is 2. The highest BCUT2D eigenvalue weighted by atomic mass is 32.2. The fourth-order valence-electron chi connectivity index (χ4n) is 3.17. The maximum Gasteiger partial charge on any atom is 0.259 e. The van der Waals surface area contributed by atoms with Crippen LogP contribution < -0.4 is 14.9 Å². The van der Waals surface area contributed by atoms with Crippen molar-refractivity contribution in [3.8, 4) is 0 Å². The lowest BCUT2D eigenvalue weighted by Gasteiger charge is -2.28. The Bertz CT molecular complexity index is 937. The molecule has 2 aromatic heterocycles. The Balaban J connectivity index is 1.57. The van der Waals surface area contributed by atoms with Crippen LogP contribution in [-0.2, 0) is 21.8 Å². The fraction of sp³-hybridized carbons (Fsp3) is 0.611. The quantitative estimate of drug-likeness (QED) is 0.601. The Morgan fingerprint density at radius 1 is 1.17 bits per heavy atom. The molecule has 11 heteroatoms. The SMILES string of the molecule is Cc1nc(NCCNS(=O)(=O)c2cn(C)c(C(C)C)n2)cc(N2CCOCC2)n1. The summed E-state index contributed by atoms with van der Waals surface area (Å²) in [6, 6.07) is 1.88. The van der Waals surface area contributed by atoms with E-state index in [1.807, 2.05) is 26.8 Å². The summed E-state index contributed by atoms with van der Waals surface area (Å²) in [6.45, 7) is 9.34. The van der Waals surface area contributed by atoms with Crippen LogP contribution in [0.5, 0.6) is 0 Å². The van der Waals surface area contributed by atoms with E-state index in [9.17, 15) is 8.42 Å². The molecule has 0 atom stereocenters. The van der Waals surface area contributed by atoms with Gasteiger partial charge in [0.25, 0.3) is 10.0 Å². The molecular weight excluding hydrogens is 394 g/mol. The van der Waals surface area contributed by atoms with Gasteiger partial charge < -0.3 is 19.5 Å². The van der Waals surface area contributed by atoms with E-state index in [1.54, 1.807) is 11.6 Å². The Kier molecular flexibility index (Phi) is 6.70. The molecule has 0 unspecified atom stereocenters. The molecule has 3 heterocycles. The van der Waals surface area contributed by atoms with Crippen LogP contribution in [0.3, 0.4) is 0 Å². The Hall–Kier alpha value is -2.24. The molecule has 0 amide bonds. The van der Waals surface area contributed by atoms with E-state index < -0.39 is 10.0 Å². The van der Waals surface area contributed by atoms with E-state index in [0.717, 1.165) is 24.7 Å². The number of ether oxygens (including phenoxy) is 1. The van der Waals surface area contributed by atoms with Crippen LogP contribution in [0.25, 0.3) is 0 Å². The maximum atomic E-state index is 12.5. The average molecular weight is 424 g/mol. The maximum absolute atomic E-state index is 12.5. The average Bonchev–Trinajstić information content (AvgIpc) is 3.09. The zero-order valence-corrected chi connectivity index (χ0v) is 18.2. The van der Waals surface area contributed by atoms with Gasteiger partial charge in [-0.15, -0.1) is 0 Å². The lowest BCUT2D eigenvalue weighted by atomic mass is 10.2. The lowest BCUT2D eigenvalue weighted by Crippen LogP contribution is -2.37. The van der Waals surface area contributed by atoms with Crippen molar-refractivity contribution in [2.75, 3.05) is 49.6 Å². The fourth-order valence-corrected chi connectivity index (χ4v) is 4.19. The van der Waals surface area contributed by atoms with Crippen LogP contribution in [0.1, 0.15) is 31.4 Å². The first kappa shape index (κ1) is 21.5. The number of aromatic nitrogens is 4. The molecule has 0 radical (unpaired) electrons. The predicted octanol–water partition coefficient (Wildman–Crippen LogP) is 0.869. The molecule has 2 aromatic rings. The van der Waals surface area contributed by atoms with Gasteiger partial charge in [0.1, 0.15) is 23.3 Å². The summed E-state index contributed by atoms with van der Waals surface area (Å²) >= 11 is 0. The van der Waals surface area contributed by atoms with Crippen molar-refractivity contribution in [1.82, 2.24) is 24.2 Å². The smallest absolute Gasteiger partial charge is 0.259 e. The van der Waals surface area contributed by atoms with E-state index in [-0.39, 0.29) is 17.5 Å². The van der Waals surface area contributed by atoms with Crippen LogP contribution in [0.15, 0.2) is 17.3 Å². The first-order chi connectivity index (χ1) is 13.8. The van der Waals surface area contributed by atoms with E-state index in [0.29, 0.717) is 31.4 Å². The summed E-state index contributed by atoms with van der Waals surface area (Å²) < 4.78 is 34.7. The van der Waals surface area contributed by atoms with Crippen molar-refractivity contribution >= 4 is 21.7 Å². The number of aryl methyl sites for hydroxylation is 2. The van der Waals surface area contributed by atoms with E-state index in [2.05, 4.69) is 29.9 Å². The summed E-state index contributed by atoms with van der Waals surface area (Å²) in [5.74, 6) is 3.05. The highest BCUT2D eigenvalue weighted by molar-refractivity contribution is 7.89. The van der Waals surface area contributed by atoms with Crippen molar-refractivity contribution in [3.63, 3.8) is 0 Å². The molecule has 29 heavy (non-hydrogen) atoms. The zero-order valence-electron chi connectivity index (χ0n) is 17.3. The summed E-state index contributed by atoms with van der Waals surface area (Å²) in [4.78, 5) is 15.3. The summed E-state index contributed by atoms with van der Waals surface area (Å²) in [5.41, 5.74) is 0.